The smallest absolute Gasteiger partial charge is 0.221 e. The molecule has 0 unspecified atom stereocenters. The summed E-state index contributed by atoms with van der Waals surface area (Å²) in [7, 11) is 1.98. The molecule has 5 heteroatoms. The number of rotatable bonds is 6. The Kier molecular flexibility index (Phi) is 4.96. The average Bonchev–Trinajstić information content (AvgIpc) is 2.93. The van der Waals surface area contributed by atoms with Crippen LogP contribution in [0.1, 0.15) is 38.5 Å². The molecule has 1 aliphatic rings. The highest BCUT2D eigenvalue weighted by molar-refractivity contribution is 5.77. The minimum atomic E-state index is 0.0251. The number of nitrogens with one attached hydrogen (secondary N) is 2. The van der Waals surface area contributed by atoms with Crippen molar-refractivity contribution >= 4 is 5.91 Å². The van der Waals surface area contributed by atoms with E-state index in [9.17, 15) is 4.79 Å². The minimum absolute atomic E-state index is 0.0251. The van der Waals surface area contributed by atoms with Crippen molar-refractivity contribution in [1.82, 2.24) is 20.2 Å². The Morgan fingerprint density at radius 3 is 2.79 bits per heavy atom. The molecule has 2 N–H and O–H groups in total. The van der Waals surface area contributed by atoms with Gasteiger partial charge in [-0.25, -0.2) is 4.98 Å². The standard InChI is InChI=1S/C14H24N4O/c1-15-14(5-3-2-4-6-14)11-13(19)17-8-10-18-9-7-16-12-18/h7,9,12,15H,2-6,8,10-11H2,1H3,(H,17,19). The predicted octanol–water partition coefficient (Wildman–Crippen LogP) is 1.31. The Balaban J connectivity index is 1.73. The molecule has 1 aliphatic carbocycles. The van der Waals surface area contributed by atoms with Crippen LogP contribution in [0.15, 0.2) is 18.7 Å². The van der Waals surface area contributed by atoms with E-state index in [1.807, 2.05) is 17.8 Å². The lowest BCUT2D eigenvalue weighted by Gasteiger charge is -2.36. The summed E-state index contributed by atoms with van der Waals surface area (Å²) in [5.41, 5.74) is 0.0251. The molecule has 1 aromatic heterocycles. The summed E-state index contributed by atoms with van der Waals surface area (Å²) in [4.78, 5) is 16.0. The van der Waals surface area contributed by atoms with E-state index in [2.05, 4.69) is 15.6 Å². The van der Waals surface area contributed by atoms with Gasteiger partial charge in [0, 0.05) is 37.4 Å². The molecule has 2 rings (SSSR count). The minimum Gasteiger partial charge on any atom is -0.354 e. The Hall–Kier alpha value is -1.36. The van der Waals surface area contributed by atoms with Crippen molar-refractivity contribution in [2.75, 3.05) is 13.6 Å². The maximum atomic E-state index is 12.0. The lowest BCUT2D eigenvalue weighted by atomic mass is 9.79. The zero-order valence-electron chi connectivity index (χ0n) is 11.7. The summed E-state index contributed by atoms with van der Waals surface area (Å²) >= 11 is 0. The third-order valence-electron chi connectivity index (χ3n) is 4.09. The molecule has 0 aromatic carbocycles. The van der Waals surface area contributed by atoms with Gasteiger partial charge >= 0.3 is 0 Å². The fourth-order valence-corrected chi connectivity index (χ4v) is 2.86. The number of carbonyl (C=O) groups excluding carboxylic acids is 1. The van der Waals surface area contributed by atoms with Crippen LogP contribution >= 0.6 is 0 Å². The van der Waals surface area contributed by atoms with E-state index >= 15 is 0 Å². The van der Waals surface area contributed by atoms with Crippen LogP contribution in [0.2, 0.25) is 0 Å². The highest BCUT2D eigenvalue weighted by atomic mass is 16.1. The zero-order chi connectivity index (χ0) is 13.6. The van der Waals surface area contributed by atoms with Gasteiger partial charge in [0.15, 0.2) is 0 Å². The summed E-state index contributed by atoms with van der Waals surface area (Å²) in [6.45, 7) is 1.44. The topological polar surface area (TPSA) is 59.0 Å². The quantitative estimate of drug-likeness (QED) is 0.814. The molecule has 106 valence electrons. The van der Waals surface area contributed by atoms with Gasteiger partial charge in [-0.1, -0.05) is 19.3 Å². The Labute approximate surface area is 114 Å². The molecular weight excluding hydrogens is 240 g/mol. The normalized spacial score (nSPS) is 18.2. The molecule has 0 bridgehead atoms. The van der Waals surface area contributed by atoms with E-state index in [1.165, 1.54) is 19.3 Å². The summed E-state index contributed by atoms with van der Waals surface area (Å²) in [6.07, 6.45) is 12.0. The summed E-state index contributed by atoms with van der Waals surface area (Å²) in [5, 5.41) is 6.38. The molecular formula is C14H24N4O. The first-order valence-corrected chi connectivity index (χ1v) is 7.15. The van der Waals surface area contributed by atoms with Gasteiger partial charge in [0.05, 0.1) is 6.33 Å². The van der Waals surface area contributed by atoms with Gasteiger partial charge < -0.3 is 15.2 Å². The number of hydrogen-bond acceptors (Lipinski definition) is 3. The molecule has 5 nitrogen and oxygen atoms in total. The molecule has 0 aliphatic heterocycles. The van der Waals surface area contributed by atoms with Crippen molar-refractivity contribution < 1.29 is 4.79 Å². The van der Waals surface area contributed by atoms with E-state index < -0.39 is 0 Å². The second-order valence-corrected chi connectivity index (χ2v) is 5.42. The van der Waals surface area contributed by atoms with Crippen LogP contribution in [-0.4, -0.2) is 34.6 Å². The van der Waals surface area contributed by atoms with Crippen molar-refractivity contribution in [3.8, 4) is 0 Å². The van der Waals surface area contributed by atoms with Crippen LogP contribution in [0.3, 0.4) is 0 Å². The molecule has 1 aromatic rings. The van der Waals surface area contributed by atoms with Crippen LogP contribution in [-0.2, 0) is 11.3 Å². The first kappa shape index (κ1) is 14.1. The fraction of sp³-hybridized carbons (Fsp3) is 0.714. The van der Waals surface area contributed by atoms with Gasteiger partial charge in [0.2, 0.25) is 5.91 Å². The molecule has 1 fully saturated rings. The third kappa shape index (κ3) is 4.06. The Morgan fingerprint density at radius 1 is 1.37 bits per heavy atom. The third-order valence-corrected chi connectivity index (χ3v) is 4.09. The molecule has 1 heterocycles. The maximum Gasteiger partial charge on any atom is 0.221 e. The van der Waals surface area contributed by atoms with Crippen molar-refractivity contribution in [2.45, 2.75) is 50.6 Å². The SMILES string of the molecule is CNC1(CC(=O)NCCn2ccnc2)CCCCC1. The van der Waals surface area contributed by atoms with Gasteiger partial charge in [-0.05, 0) is 19.9 Å². The first-order chi connectivity index (χ1) is 9.24. The van der Waals surface area contributed by atoms with Crippen LogP contribution in [0.4, 0.5) is 0 Å². The van der Waals surface area contributed by atoms with Gasteiger partial charge in [-0.2, -0.15) is 0 Å². The van der Waals surface area contributed by atoms with Crippen molar-refractivity contribution in [3.05, 3.63) is 18.7 Å². The molecule has 1 amide bonds. The summed E-state index contributed by atoms with van der Waals surface area (Å²) in [5.74, 6) is 0.149. The number of nitrogens with zero attached hydrogens (tertiary/aromatic N) is 2. The fourth-order valence-electron chi connectivity index (χ4n) is 2.86. The van der Waals surface area contributed by atoms with Crippen molar-refractivity contribution in [2.24, 2.45) is 0 Å². The van der Waals surface area contributed by atoms with Crippen LogP contribution in [0.5, 0.6) is 0 Å². The van der Waals surface area contributed by atoms with E-state index in [0.717, 1.165) is 19.4 Å². The van der Waals surface area contributed by atoms with Crippen LogP contribution < -0.4 is 10.6 Å². The van der Waals surface area contributed by atoms with Gasteiger partial charge in [0.25, 0.3) is 0 Å². The second-order valence-electron chi connectivity index (χ2n) is 5.42. The molecule has 0 radical (unpaired) electrons. The van der Waals surface area contributed by atoms with E-state index in [-0.39, 0.29) is 11.4 Å². The average molecular weight is 264 g/mol. The number of imidazole rings is 1. The Bertz CT molecular complexity index is 382. The maximum absolute atomic E-state index is 12.0. The summed E-state index contributed by atoms with van der Waals surface area (Å²) in [6, 6.07) is 0. The van der Waals surface area contributed by atoms with Gasteiger partial charge in [-0.15, -0.1) is 0 Å². The van der Waals surface area contributed by atoms with E-state index in [1.54, 1.807) is 12.5 Å². The zero-order valence-corrected chi connectivity index (χ0v) is 11.7. The number of aromatic nitrogens is 2. The molecule has 0 atom stereocenters. The summed E-state index contributed by atoms with van der Waals surface area (Å²) < 4.78 is 1.97. The molecule has 19 heavy (non-hydrogen) atoms. The second kappa shape index (κ2) is 6.70. The Morgan fingerprint density at radius 2 is 2.16 bits per heavy atom. The lowest BCUT2D eigenvalue weighted by Crippen LogP contribution is -2.48. The number of carbonyl (C=O) groups is 1. The van der Waals surface area contributed by atoms with Crippen molar-refractivity contribution in [1.29, 1.82) is 0 Å². The van der Waals surface area contributed by atoms with Crippen molar-refractivity contribution in [3.63, 3.8) is 0 Å². The van der Waals surface area contributed by atoms with Crippen LogP contribution in [0.25, 0.3) is 0 Å². The van der Waals surface area contributed by atoms with Crippen LogP contribution in [0, 0.1) is 0 Å². The monoisotopic (exact) mass is 264 g/mol. The number of hydrogen-bond donors (Lipinski definition) is 2. The largest absolute Gasteiger partial charge is 0.354 e. The molecule has 0 spiro atoms. The highest BCUT2D eigenvalue weighted by Gasteiger charge is 2.32. The van der Waals surface area contributed by atoms with E-state index in [4.69, 9.17) is 0 Å². The van der Waals surface area contributed by atoms with E-state index in [0.29, 0.717) is 13.0 Å². The lowest BCUT2D eigenvalue weighted by molar-refractivity contribution is -0.122. The first-order valence-electron chi connectivity index (χ1n) is 7.15. The van der Waals surface area contributed by atoms with Gasteiger partial charge in [-0.3, -0.25) is 4.79 Å². The number of amides is 1. The van der Waals surface area contributed by atoms with Gasteiger partial charge in [0.1, 0.15) is 0 Å². The highest BCUT2D eigenvalue weighted by Crippen LogP contribution is 2.30. The molecule has 0 saturated heterocycles. The molecule has 1 saturated carbocycles. The predicted molar refractivity (Wildman–Crippen MR) is 74.7 cm³/mol.